The van der Waals surface area contributed by atoms with Gasteiger partial charge in [-0.05, 0) is 37.6 Å². The molecule has 2 N–H and O–H groups in total. The van der Waals surface area contributed by atoms with Gasteiger partial charge in [-0.15, -0.1) is 0 Å². The lowest BCUT2D eigenvalue weighted by Gasteiger charge is -2.09. The van der Waals surface area contributed by atoms with Crippen LogP contribution in [0.4, 0.5) is 5.69 Å². The minimum Gasteiger partial charge on any atom is -0.466 e. The van der Waals surface area contributed by atoms with Gasteiger partial charge in [0.15, 0.2) is 0 Å². The van der Waals surface area contributed by atoms with Crippen LogP contribution >= 0.6 is 0 Å². The maximum atomic E-state index is 11.7. The largest absolute Gasteiger partial charge is 0.466 e. The van der Waals surface area contributed by atoms with Crippen LogP contribution in [0.2, 0.25) is 0 Å². The van der Waals surface area contributed by atoms with E-state index in [2.05, 4.69) is 19.8 Å². The number of esters is 2. The number of carbonyl (C=O) groups excluding carboxylic acids is 2. The molecule has 6 nitrogen and oxygen atoms in total. The van der Waals surface area contributed by atoms with Gasteiger partial charge >= 0.3 is 11.9 Å². The van der Waals surface area contributed by atoms with Gasteiger partial charge in [0.2, 0.25) is 0 Å². The minimum atomic E-state index is -0.646. The van der Waals surface area contributed by atoms with Gasteiger partial charge in [0.25, 0.3) is 0 Å². The predicted molar refractivity (Wildman–Crippen MR) is 83.5 cm³/mol. The molecule has 1 aromatic heterocycles. The predicted octanol–water partition coefficient (Wildman–Crippen LogP) is 2.43. The number of nitrogens with one attached hydrogen (secondary N) is 2. The van der Waals surface area contributed by atoms with Crippen molar-refractivity contribution in [1.29, 1.82) is 0 Å². The zero-order valence-electron chi connectivity index (χ0n) is 12.9. The summed E-state index contributed by atoms with van der Waals surface area (Å²) in [4.78, 5) is 26.4. The van der Waals surface area contributed by atoms with Crippen molar-refractivity contribution in [3.63, 3.8) is 0 Å². The second-order valence-electron chi connectivity index (χ2n) is 4.83. The van der Waals surface area contributed by atoms with Crippen LogP contribution in [0.25, 0.3) is 10.9 Å². The summed E-state index contributed by atoms with van der Waals surface area (Å²) >= 11 is 0. The van der Waals surface area contributed by atoms with Crippen molar-refractivity contribution >= 4 is 28.5 Å². The zero-order valence-corrected chi connectivity index (χ0v) is 12.9. The molecule has 0 fully saturated rings. The molecule has 0 atom stereocenters. The standard InChI is InChI=1S/C16H18N2O4/c1-9-10(2)17-13-6-5-11(7-12(9)13)18-14(16(20)22-4)8-15(19)21-3/h5-8,17-18H,1-4H3/b14-8+. The summed E-state index contributed by atoms with van der Waals surface area (Å²) in [5.74, 6) is -1.28. The molecule has 0 amide bonds. The molecule has 0 saturated heterocycles. The Hall–Kier alpha value is -2.76. The molecule has 0 aliphatic carbocycles. The molecule has 0 spiro atoms. The Kier molecular flexibility index (Phi) is 4.50. The van der Waals surface area contributed by atoms with E-state index in [1.54, 1.807) is 0 Å². The number of aromatic nitrogens is 1. The minimum absolute atomic E-state index is 0.0126. The normalized spacial score (nSPS) is 11.4. The smallest absolute Gasteiger partial charge is 0.354 e. The number of anilines is 1. The summed E-state index contributed by atoms with van der Waals surface area (Å²) in [6.45, 7) is 4.02. The Labute approximate surface area is 128 Å². The number of hydrogen-bond acceptors (Lipinski definition) is 5. The lowest BCUT2D eigenvalue weighted by Crippen LogP contribution is -2.15. The maximum absolute atomic E-state index is 11.7. The van der Waals surface area contributed by atoms with E-state index in [9.17, 15) is 9.59 Å². The first-order valence-corrected chi connectivity index (χ1v) is 6.70. The van der Waals surface area contributed by atoms with Crippen molar-refractivity contribution in [2.45, 2.75) is 13.8 Å². The summed E-state index contributed by atoms with van der Waals surface area (Å²) in [5, 5.41) is 3.94. The molecule has 0 bridgehead atoms. The van der Waals surface area contributed by atoms with Crippen molar-refractivity contribution < 1.29 is 19.1 Å². The summed E-state index contributed by atoms with van der Waals surface area (Å²) in [6.07, 6.45) is 1.06. The first-order valence-electron chi connectivity index (χ1n) is 6.70. The number of carbonyl (C=O) groups is 2. The van der Waals surface area contributed by atoms with Gasteiger partial charge in [-0.2, -0.15) is 0 Å². The Balaban J connectivity index is 2.37. The third-order valence-electron chi connectivity index (χ3n) is 3.46. The van der Waals surface area contributed by atoms with Crippen molar-refractivity contribution in [2.75, 3.05) is 19.5 Å². The van der Waals surface area contributed by atoms with Gasteiger partial charge < -0.3 is 19.8 Å². The number of hydrogen-bond donors (Lipinski definition) is 2. The van der Waals surface area contributed by atoms with Crippen LogP contribution in [-0.2, 0) is 19.1 Å². The second kappa shape index (κ2) is 6.34. The number of rotatable bonds is 4. The summed E-state index contributed by atoms with van der Waals surface area (Å²) in [6, 6.07) is 5.62. The molecular weight excluding hydrogens is 284 g/mol. The van der Waals surface area contributed by atoms with Crippen molar-refractivity contribution in [3.8, 4) is 0 Å². The molecule has 116 valence electrons. The fourth-order valence-corrected chi connectivity index (χ4v) is 2.13. The van der Waals surface area contributed by atoms with Gasteiger partial charge in [-0.25, -0.2) is 9.59 Å². The Morgan fingerprint density at radius 3 is 2.55 bits per heavy atom. The molecular formula is C16H18N2O4. The Morgan fingerprint density at radius 1 is 1.18 bits per heavy atom. The molecule has 1 heterocycles. The highest BCUT2D eigenvalue weighted by Gasteiger charge is 2.13. The average Bonchev–Trinajstić information content (AvgIpc) is 2.80. The average molecular weight is 302 g/mol. The molecule has 6 heteroatoms. The van der Waals surface area contributed by atoms with E-state index in [0.717, 1.165) is 28.2 Å². The number of aromatic amines is 1. The Bertz CT molecular complexity index is 759. The van der Waals surface area contributed by atoms with Crippen LogP contribution in [0, 0.1) is 13.8 Å². The SMILES string of the molecule is COC(=O)/C=C(/Nc1ccc2[nH]c(C)c(C)c2c1)C(=O)OC. The van der Waals surface area contributed by atoms with Gasteiger partial charge in [0, 0.05) is 22.3 Å². The highest BCUT2D eigenvalue weighted by molar-refractivity contribution is 5.99. The fourth-order valence-electron chi connectivity index (χ4n) is 2.13. The molecule has 0 aliphatic heterocycles. The van der Waals surface area contributed by atoms with E-state index >= 15 is 0 Å². The zero-order chi connectivity index (χ0) is 16.3. The quantitative estimate of drug-likeness (QED) is 0.669. The maximum Gasteiger partial charge on any atom is 0.354 e. The molecule has 0 saturated carbocycles. The van der Waals surface area contributed by atoms with E-state index in [0.29, 0.717) is 5.69 Å². The number of methoxy groups -OCH3 is 2. The number of H-pyrrole nitrogens is 1. The van der Waals surface area contributed by atoms with E-state index in [-0.39, 0.29) is 5.70 Å². The number of ether oxygens (including phenoxy) is 2. The summed E-state index contributed by atoms with van der Waals surface area (Å²) in [5.41, 5.74) is 3.92. The monoisotopic (exact) mass is 302 g/mol. The van der Waals surface area contributed by atoms with E-state index in [4.69, 9.17) is 0 Å². The topological polar surface area (TPSA) is 80.4 Å². The van der Waals surface area contributed by atoms with Crippen molar-refractivity contribution in [1.82, 2.24) is 4.98 Å². The lowest BCUT2D eigenvalue weighted by atomic mass is 10.1. The van der Waals surface area contributed by atoms with Crippen molar-refractivity contribution in [3.05, 3.63) is 41.2 Å². The third-order valence-corrected chi connectivity index (χ3v) is 3.46. The van der Waals surface area contributed by atoms with Crippen LogP contribution in [0.3, 0.4) is 0 Å². The van der Waals surface area contributed by atoms with Crippen LogP contribution in [-0.4, -0.2) is 31.1 Å². The summed E-state index contributed by atoms with van der Waals surface area (Å²) in [7, 11) is 2.49. The second-order valence-corrected chi connectivity index (χ2v) is 4.83. The first kappa shape index (κ1) is 15.6. The van der Waals surface area contributed by atoms with Gasteiger partial charge in [-0.1, -0.05) is 0 Å². The van der Waals surface area contributed by atoms with Crippen LogP contribution in [0.15, 0.2) is 30.0 Å². The molecule has 2 rings (SSSR count). The lowest BCUT2D eigenvalue weighted by molar-refractivity contribution is -0.138. The number of aryl methyl sites for hydroxylation is 2. The fraction of sp³-hybridized carbons (Fsp3) is 0.250. The van der Waals surface area contributed by atoms with Gasteiger partial charge in [0.05, 0.1) is 20.3 Å². The number of benzene rings is 1. The first-order chi connectivity index (χ1) is 10.5. The molecule has 1 aromatic carbocycles. The van der Waals surface area contributed by atoms with Crippen LogP contribution < -0.4 is 5.32 Å². The van der Waals surface area contributed by atoms with Crippen molar-refractivity contribution in [2.24, 2.45) is 0 Å². The number of fused-ring (bicyclic) bond motifs is 1. The van der Waals surface area contributed by atoms with Gasteiger partial charge in [-0.3, -0.25) is 0 Å². The highest BCUT2D eigenvalue weighted by Crippen LogP contribution is 2.25. The summed E-state index contributed by atoms with van der Waals surface area (Å²) < 4.78 is 9.20. The molecule has 0 radical (unpaired) electrons. The molecule has 2 aromatic rings. The van der Waals surface area contributed by atoms with E-state index in [1.165, 1.54) is 14.2 Å². The highest BCUT2D eigenvalue weighted by atomic mass is 16.5. The van der Waals surface area contributed by atoms with Crippen LogP contribution in [0.1, 0.15) is 11.3 Å². The molecule has 22 heavy (non-hydrogen) atoms. The van der Waals surface area contributed by atoms with E-state index in [1.807, 2.05) is 32.0 Å². The van der Waals surface area contributed by atoms with Crippen LogP contribution in [0.5, 0.6) is 0 Å². The Morgan fingerprint density at radius 2 is 1.91 bits per heavy atom. The van der Waals surface area contributed by atoms with E-state index < -0.39 is 11.9 Å². The third kappa shape index (κ3) is 3.11. The van der Waals surface area contributed by atoms with Gasteiger partial charge in [0.1, 0.15) is 5.70 Å². The molecule has 0 unspecified atom stereocenters. The molecule has 0 aliphatic rings.